The van der Waals surface area contributed by atoms with Gasteiger partial charge < -0.3 is 25.9 Å². The first-order valence-corrected chi connectivity index (χ1v) is 8.89. The van der Waals surface area contributed by atoms with Crippen molar-refractivity contribution in [1.82, 2.24) is 15.6 Å². The summed E-state index contributed by atoms with van der Waals surface area (Å²) in [5.41, 5.74) is 7.44. The number of amides is 1. The van der Waals surface area contributed by atoms with Crippen molar-refractivity contribution in [3.8, 4) is 0 Å². The standard InChI is InChI=1S/C13H15N5O4S2/c1-21-18-10(7-5-24-13(14)16-7)11(19)15-2-8-17-9-6(4-23-8)3-22-12(9)20/h5,8,17H,2-4H2,1H3,(H2,14,16)(H,15,19)/b18-10-/t8-/m1/s1. The topological polar surface area (TPSA) is 128 Å². The summed E-state index contributed by atoms with van der Waals surface area (Å²) in [5, 5.41) is 11.4. The third-order valence-corrected chi connectivity index (χ3v) is 5.19. The van der Waals surface area contributed by atoms with Gasteiger partial charge in [-0.15, -0.1) is 23.1 Å². The third kappa shape index (κ3) is 3.46. The van der Waals surface area contributed by atoms with Gasteiger partial charge in [0.05, 0.1) is 5.37 Å². The average molecular weight is 369 g/mol. The van der Waals surface area contributed by atoms with Crippen LogP contribution in [0.5, 0.6) is 0 Å². The maximum absolute atomic E-state index is 12.3. The van der Waals surface area contributed by atoms with Gasteiger partial charge in [-0.25, -0.2) is 9.78 Å². The summed E-state index contributed by atoms with van der Waals surface area (Å²) in [6, 6.07) is 0. The van der Waals surface area contributed by atoms with Gasteiger partial charge in [0.1, 0.15) is 25.1 Å². The van der Waals surface area contributed by atoms with Gasteiger partial charge >= 0.3 is 5.97 Å². The number of hydrogen-bond acceptors (Lipinski definition) is 10. The maximum Gasteiger partial charge on any atom is 0.354 e. The van der Waals surface area contributed by atoms with Crippen molar-refractivity contribution >= 4 is 45.8 Å². The Morgan fingerprint density at radius 2 is 2.50 bits per heavy atom. The number of aromatic nitrogens is 1. The van der Waals surface area contributed by atoms with E-state index in [9.17, 15) is 9.59 Å². The molecule has 0 bridgehead atoms. The predicted octanol–water partition coefficient (Wildman–Crippen LogP) is -0.335. The maximum atomic E-state index is 12.3. The van der Waals surface area contributed by atoms with Gasteiger partial charge in [0.25, 0.3) is 5.91 Å². The lowest BCUT2D eigenvalue weighted by atomic mass is 10.2. The number of oxime groups is 1. The number of cyclic esters (lactones) is 1. The van der Waals surface area contributed by atoms with E-state index in [0.717, 1.165) is 5.57 Å². The predicted molar refractivity (Wildman–Crippen MR) is 90.4 cm³/mol. The second kappa shape index (κ2) is 7.09. The van der Waals surface area contributed by atoms with Crippen LogP contribution in [0.4, 0.5) is 5.13 Å². The minimum absolute atomic E-state index is 0.0476. The number of anilines is 1. The molecular weight excluding hydrogens is 354 g/mol. The van der Waals surface area contributed by atoms with Crippen molar-refractivity contribution in [2.75, 3.05) is 31.7 Å². The lowest BCUT2D eigenvalue weighted by Gasteiger charge is -2.24. The Hall–Kier alpha value is -2.27. The molecule has 1 aromatic heterocycles. The number of nitrogens with zero attached hydrogens (tertiary/aromatic N) is 2. The number of nitrogens with one attached hydrogen (secondary N) is 2. The molecule has 1 aromatic rings. The normalized spacial score (nSPS) is 20.3. The fraction of sp³-hybridized carbons (Fsp3) is 0.385. The number of thioether (sulfide) groups is 1. The molecule has 0 saturated heterocycles. The van der Waals surface area contributed by atoms with Gasteiger partial charge in [0.15, 0.2) is 10.8 Å². The van der Waals surface area contributed by atoms with Gasteiger partial charge in [-0.1, -0.05) is 5.16 Å². The quantitative estimate of drug-likeness (QED) is 0.366. The van der Waals surface area contributed by atoms with Crippen LogP contribution in [-0.4, -0.2) is 54.0 Å². The summed E-state index contributed by atoms with van der Waals surface area (Å²) in [6.07, 6.45) is 0. The highest BCUT2D eigenvalue weighted by atomic mass is 32.2. The Morgan fingerprint density at radius 1 is 1.67 bits per heavy atom. The number of carbonyl (C=O) groups is 2. The molecule has 9 nitrogen and oxygen atoms in total. The highest BCUT2D eigenvalue weighted by Crippen LogP contribution is 2.26. The monoisotopic (exact) mass is 369 g/mol. The lowest BCUT2D eigenvalue weighted by molar-refractivity contribution is -0.136. The van der Waals surface area contributed by atoms with Crippen molar-refractivity contribution in [2.24, 2.45) is 5.16 Å². The Kier molecular flexibility index (Phi) is 4.90. The van der Waals surface area contributed by atoms with E-state index in [1.165, 1.54) is 18.4 Å². The fourth-order valence-electron chi connectivity index (χ4n) is 2.19. The molecule has 0 unspecified atom stereocenters. The second-order valence-corrected chi connectivity index (χ2v) is 6.98. The number of thiazole rings is 1. The van der Waals surface area contributed by atoms with Crippen molar-refractivity contribution in [1.29, 1.82) is 0 Å². The minimum atomic E-state index is -0.432. The largest absolute Gasteiger partial charge is 0.456 e. The van der Waals surface area contributed by atoms with Crippen LogP contribution in [0, 0.1) is 0 Å². The zero-order valence-corrected chi connectivity index (χ0v) is 14.3. The molecule has 4 N–H and O–H groups in total. The van der Waals surface area contributed by atoms with Gasteiger partial charge in [-0.3, -0.25) is 4.79 Å². The highest BCUT2D eigenvalue weighted by Gasteiger charge is 2.31. The van der Waals surface area contributed by atoms with E-state index in [1.807, 2.05) is 0 Å². The molecule has 0 radical (unpaired) electrons. The Balaban J connectivity index is 1.60. The van der Waals surface area contributed by atoms with Crippen LogP contribution in [0.1, 0.15) is 5.69 Å². The molecule has 11 heteroatoms. The summed E-state index contributed by atoms with van der Waals surface area (Å²) in [6.45, 7) is 0.638. The van der Waals surface area contributed by atoms with E-state index in [-0.39, 0.29) is 17.1 Å². The van der Waals surface area contributed by atoms with E-state index < -0.39 is 5.91 Å². The zero-order valence-electron chi connectivity index (χ0n) is 12.7. The Labute approximate surface area is 145 Å². The Morgan fingerprint density at radius 3 is 3.21 bits per heavy atom. The molecule has 3 rings (SSSR count). The van der Waals surface area contributed by atoms with Crippen LogP contribution in [0.3, 0.4) is 0 Å². The molecule has 1 amide bonds. The lowest BCUT2D eigenvalue weighted by Crippen LogP contribution is -2.43. The second-order valence-electron chi connectivity index (χ2n) is 4.90. The Bertz CT molecular complexity index is 730. The average Bonchev–Trinajstić information content (AvgIpc) is 3.16. The first kappa shape index (κ1) is 16.6. The number of carbonyl (C=O) groups excluding carboxylic acids is 2. The van der Waals surface area contributed by atoms with Crippen LogP contribution >= 0.6 is 23.1 Å². The molecule has 0 saturated carbocycles. The van der Waals surface area contributed by atoms with Crippen molar-refractivity contribution < 1.29 is 19.2 Å². The number of nitrogen functional groups attached to an aromatic ring is 1. The van der Waals surface area contributed by atoms with E-state index in [2.05, 4.69) is 20.8 Å². The zero-order chi connectivity index (χ0) is 17.1. The smallest absolute Gasteiger partial charge is 0.354 e. The van der Waals surface area contributed by atoms with Crippen LogP contribution in [0.2, 0.25) is 0 Å². The van der Waals surface area contributed by atoms with Crippen LogP contribution < -0.4 is 16.4 Å². The molecule has 0 spiro atoms. The first-order valence-electron chi connectivity index (χ1n) is 6.96. The number of esters is 1. The third-order valence-electron chi connectivity index (χ3n) is 3.31. The number of rotatable bonds is 5. The molecule has 2 aliphatic rings. The van der Waals surface area contributed by atoms with Gasteiger partial charge in [-0.2, -0.15) is 0 Å². The summed E-state index contributed by atoms with van der Waals surface area (Å²) < 4.78 is 4.97. The number of nitrogens with two attached hydrogens (primary N) is 1. The molecule has 0 aliphatic carbocycles. The molecule has 128 valence electrons. The van der Waals surface area contributed by atoms with Gasteiger partial charge in [0, 0.05) is 23.3 Å². The van der Waals surface area contributed by atoms with E-state index >= 15 is 0 Å². The van der Waals surface area contributed by atoms with Crippen LogP contribution in [-0.2, 0) is 19.2 Å². The van der Waals surface area contributed by atoms with Crippen molar-refractivity contribution in [3.05, 3.63) is 22.3 Å². The van der Waals surface area contributed by atoms with E-state index in [4.69, 9.17) is 15.3 Å². The van der Waals surface area contributed by atoms with E-state index in [0.29, 0.717) is 35.4 Å². The van der Waals surface area contributed by atoms with Gasteiger partial charge in [-0.05, 0) is 0 Å². The molecule has 2 aliphatic heterocycles. The van der Waals surface area contributed by atoms with E-state index in [1.54, 1.807) is 17.1 Å². The van der Waals surface area contributed by atoms with Crippen molar-refractivity contribution in [3.63, 3.8) is 0 Å². The molecular formula is C13H15N5O4S2. The fourth-order valence-corrected chi connectivity index (χ4v) is 3.77. The van der Waals surface area contributed by atoms with Crippen LogP contribution in [0.15, 0.2) is 21.8 Å². The SMILES string of the molecule is CO/N=C(\C(=O)NC[C@@H]1NC2=C(COC2=O)CS1)c1csc(N)n1. The number of ether oxygens (including phenoxy) is 1. The highest BCUT2D eigenvalue weighted by molar-refractivity contribution is 8.00. The summed E-state index contributed by atoms with van der Waals surface area (Å²) in [7, 11) is 1.35. The molecule has 1 atom stereocenters. The minimum Gasteiger partial charge on any atom is -0.456 e. The summed E-state index contributed by atoms with van der Waals surface area (Å²) in [5.74, 6) is -0.0875. The summed E-state index contributed by atoms with van der Waals surface area (Å²) >= 11 is 2.80. The van der Waals surface area contributed by atoms with Gasteiger partial charge in [0.2, 0.25) is 0 Å². The molecule has 3 heterocycles. The molecule has 0 aromatic carbocycles. The number of hydrogen-bond donors (Lipinski definition) is 3. The first-order chi connectivity index (χ1) is 11.6. The molecule has 24 heavy (non-hydrogen) atoms. The van der Waals surface area contributed by atoms with Crippen LogP contribution in [0.25, 0.3) is 0 Å². The van der Waals surface area contributed by atoms with Crippen molar-refractivity contribution in [2.45, 2.75) is 5.37 Å². The molecule has 0 fully saturated rings. The summed E-state index contributed by atoms with van der Waals surface area (Å²) in [4.78, 5) is 32.7.